The number of nitrogens with one attached hydrogen (secondary N) is 2. The quantitative estimate of drug-likeness (QED) is 0.0513. The summed E-state index contributed by atoms with van der Waals surface area (Å²) in [6.07, 6.45) is 2.66. The summed E-state index contributed by atoms with van der Waals surface area (Å²) < 4.78 is 60.5. The fraction of sp³-hybridized carbons (Fsp3) is 0.380. The van der Waals surface area contributed by atoms with Crippen molar-refractivity contribution in [3.63, 3.8) is 0 Å². The monoisotopic (exact) mass is 1170 g/mol. The number of nitrogens with zero attached hydrogens (tertiary/aromatic N) is 5. The number of aliphatic hydroxyl groups excluding tert-OH is 2. The molecule has 4 aliphatic rings. The fourth-order valence-electron chi connectivity index (χ4n) is 11.7. The first kappa shape index (κ1) is 54.8. The maximum atomic E-state index is 14.7. The number of fused-ring (bicyclic) bond motifs is 2. The number of aryl methyl sites for hydroxylation is 1. The Labute approximate surface area is 460 Å². The number of carbonyl (C=O) groups is 3. The van der Waals surface area contributed by atoms with Crippen LogP contribution in [0.3, 0.4) is 0 Å². The van der Waals surface area contributed by atoms with Crippen molar-refractivity contribution >= 4 is 95.8 Å². The number of thiophene rings is 2. The van der Waals surface area contributed by atoms with Gasteiger partial charge in [-0.3, -0.25) is 22.9 Å². The Morgan fingerprint density at radius 3 is 2.08 bits per heavy atom. The van der Waals surface area contributed by atoms with E-state index in [-0.39, 0.29) is 101 Å². The molecule has 3 aliphatic carbocycles. The molecular formula is C50H51Cl2N9O12S4. The number of benzene rings is 2. The fourth-order valence-corrected chi connectivity index (χ4v) is 14.8. The number of anilines is 2. The van der Waals surface area contributed by atoms with E-state index in [9.17, 15) is 46.5 Å². The van der Waals surface area contributed by atoms with Crippen LogP contribution in [-0.2, 0) is 47.4 Å². The highest BCUT2D eigenvalue weighted by Crippen LogP contribution is 2.52. The van der Waals surface area contributed by atoms with E-state index in [0.717, 1.165) is 46.6 Å². The van der Waals surface area contributed by atoms with Gasteiger partial charge in [0.2, 0.25) is 11.6 Å². The van der Waals surface area contributed by atoms with Crippen LogP contribution in [0.2, 0.25) is 10.0 Å². The molecule has 5 heterocycles. The van der Waals surface area contributed by atoms with Crippen molar-refractivity contribution in [2.45, 2.75) is 93.2 Å². The third-order valence-corrected chi connectivity index (χ3v) is 18.3. The van der Waals surface area contributed by atoms with E-state index in [1.54, 1.807) is 12.1 Å². The van der Waals surface area contributed by atoms with Gasteiger partial charge < -0.3 is 26.0 Å². The highest BCUT2D eigenvalue weighted by molar-refractivity contribution is 7.84. The van der Waals surface area contributed by atoms with Crippen molar-refractivity contribution in [2.24, 2.45) is 22.1 Å². The van der Waals surface area contributed by atoms with Crippen LogP contribution in [-0.4, -0.2) is 118 Å². The lowest BCUT2D eigenvalue weighted by atomic mass is 9.69. The molecule has 1 amide bonds. The largest absolute Gasteiger partial charge is 0.465 e. The zero-order valence-electron chi connectivity index (χ0n) is 40.6. The summed E-state index contributed by atoms with van der Waals surface area (Å²) >= 11 is 15.3. The Hall–Kier alpha value is -5.55. The number of carboxylic acid groups (broad SMARTS) is 1. The van der Waals surface area contributed by atoms with Crippen molar-refractivity contribution in [3.8, 4) is 0 Å². The van der Waals surface area contributed by atoms with Crippen LogP contribution in [0.5, 0.6) is 0 Å². The third-order valence-electron chi connectivity index (χ3n) is 15.0. The van der Waals surface area contributed by atoms with Crippen molar-refractivity contribution in [1.82, 2.24) is 24.8 Å². The van der Waals surface area contributed by atoms with Crippen LogP contribution >= 0.6 is 45.9 Å². The first-order chi connectivity index (χ1) is 36.7. The summed E-state index contributed by atoms with van der Waals surface area (Å²) in [6.45, 7) is -0.567. The molecule has 1 unspecified atom stereocenters. The minimum Gasteiger partial charge on any atom is -0.465 e. The summed E-state index contributed by atoms with van der Waals surface area (Å²) in [4.78, 5) is 61.3. The summed E-state index contributed by atoms with van der Waals surface area (Å²) in [6, 6.07) is 12.8. The molecular weight excluding hydrogens is 1120 g/mol. The zero-order chi connectivity index (χ0) is 54.6. The van der Waals surface area contributed by atoms with E-state index < -0.39 is 80.3 Å². The van der Waals surface area contributed by atoms with Crippen LogP contribution in [0.25, 0.3) is 0 Å². The van der Waals surface area contributed by atoms with Crippen molar-refractivity contribution in [2.75, 3.05) is 23.8 Å². The van der Waals surface area contributed by atoms with Gasteiger partial charge in [-0.25, -0.2) is 35.0 Å². The van der Waals surface area contributed by atoms with Gasteiger partial charge in [0.1, 0.15) is 35.9 Å². The summed E-state index contributed by atoms with van der Waals surface area (Å²) in [7, 11) is -9.25. The highest BCUT2D eigenvalue weighted by Gasteiger charge is 2.59. The topological polar surface area (TPSA) is 330 Å². The number of nitrogens with two attached hydrogens (primary N) is 2. The Morgan fingerprint density at radius 1 is 0.792 bits per heavy atom. The van der Waals surface area contributed by atoms with Crippen molar-refractivity contribution in [3.05, 3.63) is 149 Å². The lowest BCUT2D eigenvalue weighted by Gasteiger charge is -2.52. The van der Waals surface area contributed by atoms with E-state index in [0.29, 0.717) is 15.5 Å². The molecule has 2 fully saturated rings. The minimum atomic E-state index is -4.98. The first-order valence-electron chi connectivity index (χ1n) is 24.4. The van der Waals surface area contributed by atoms with Crippen LogP contribution in [0.4, 0.5) is 16.4 Å². The average molecular weight is 1170 g/mol. The minimum absolute atomic E-state index is 0.0178. The molecule has 2 saturated carbocycles. The molecule has 9 atom stereocenters. The van der Waals surface area contributed by atoms with E-state index in [4.69, 9.17) is 41.8 Å². The molecule has 0 spiro atoms. The second-order valence-corrected chi connectivity index (χ2v) is 24.8. The van der Waals surface area contributed by atoms with Gasteiger partial charge in [-0.1, -0.05) is 35.3 Å². The average Bonchev–Trinajstić information content (AvgIpc) is 4.43. The van der Waals surface area contributed by atoms with Gasteiger partial charge in [0.05, 0.1) is 39.7 Å². The van der Waals surface area contributed by atoms with Crippen LogP contribution in [0, 0.1) is 11.8 Å². The Morgan fingerprint density at radius 2 is 1.42 bits per heavy atom. The predicted molar refractivity (Wildman–Crippen MR) is 286 cm³/mol. The Kier molecular flexibility index (Phi) is 15.6. The van der Waals surface area contributed by atoms with E-state index in [1.165, 1.54) is 59.5 Å². The second-order valence-electron chi connectivity index (χ2n) is 19.7. The molecule has 10 rings (SSSR count). The maximum Gasteiger partial charge on any atom is 0.408 e. The summed E-state index contributed by atoms with van der Waals surface area (Å²) in [5.41, 5.74) is 2.18. The summed E-state index contributed by atoms with van der Waals surface area (Å²) in [5, 5.41) is 55.6. The number of ketones is 2. The molecule has 9 N–H and O–H groups in total. The van der Waals surface area contributed by atoms with Gasteiger partial charge in [-0.05, 0) is 132 Å². The number of aromatic nitrogens is 4. The number of rotatable bonds is 17. The molecule has 2 aromatic carbocycles. The number of hydrogen-bond acceptors (Lipinski definition) is 19. The van der Waals surface area contributed by atoms with Gasteiger partial charge in [0.25, 0.3) is 0 Å². The second kappa shape index (κ2) is 21.9. The first-order valence-corrected chi connectivity index (χ1v) is 29.8. The number of halogens is 2. The van der Waals surface area contributed by atoms with Crippen LogP contribution in [0.15, 0.2) is 84.3 Å². The molecule has 406 valence electrons. The van der Waals surface area contributed by atoms with Gasteiger partial charge in [-0.2, -0.15) is 16.8 Å². The lowest BCUT2D eigenvalue weighted by molar-refractivity contribution is -0.0466. The zero-order valence-corrected chi connectivity index (χ0v) is 45.3. The lowest BCUT2D eigenvalue weighted by Crippen LogP contribution is -2.63. The predicted octanol–water partition coefficient (Wildman–Crippen LogP) is 6.02. The standard InChI is InChI=1S/C50H51Cl2N9O12S4/c51-30-6-4-25-2-1-3-34(35(25)13-30)28-11-42(74-21-28)44(64)37-18-55-24-58-48(37)60-33-15-36(41(63)17-33)46(73-77(54,70)71)50(39-14-31(52)7-5-26(39)8-9-61(50)49(66)67)29-12-43(75-22-29)45(65)38-19-56-23-57-47(38)59-32-10-27(40(62)16-32)20-72-76(53,68)69/h4-7,11-14,18-19,21-24,27,32-34,36,40-41,46,62-63H,1-3,8-10,15-17,20H2,(H,66,67)(H2,53,68,69)(H2,54,70,71)(H,55,58,60)(H,56,57,59)/t27-,32-,33-,34+,36-,40+,41+,46?,50-/m1/s1. The number of amides is 1. The molecule has 6 aromatic rings. The smallest absolute Gasteiger partial charge is 0.408 e. The number of aliphatic hydroxyl groups is 2. The summed E-state index contributed by atoms with van der Waals surface area (Å²) in [5.74, 6) is -2.53. The molecule has 0 saturated heterocycles. The van der Waals surface area contributed by atoms with Gasteiger partial charge in [-0.15, -0.1) is 22.7 Å². The van der Waals surface area contributed by atoms with E-state index in [2.05, 4.69) is 30.6 Å². The van der Waals surface area contributed by atoms with Crippen LogP contribution in [0.1, 0.15) is 108 Å². The molecule has 1 aliphatic heterocycles. The van der Waals surface area contributed by atoms with Crippen LogP contribution < -0.4 is 20.9 Å². The normalized spacial score (nSPS) is 24.7. The Balaban J connectivity index is 0.977. The molecule has 77 heavy (non-hydrogen) atoms. The molecule has 21 nitrogen and oxygen atoms in total. The third kappa shape index (κ3) is 11.4. The molecule has 0 radical (unpaired) electrons. The van der Waals surface area contributed by atoms with Crippen molar-refractivity contribution in [1.29, 1.82) is 0 Å². The van der Waals surface area contributed by atoms with Gasteiger partial charge in [0, 0.05) is 58.8 Å². The Bertz CT molecular complexity index is 3500. The highest BCUT2D eigenvalue weighted by atomic mass is 35.5. The van der Waals surface area contributed by atoms with Gasteiger partial charge in [0.15, 0.2) is 0 Å². The molecule has 27 heteroatoms. The van der Waals surface area contributed by atoms with E-state index >= 15 is 0 Å². The molecule has 4 aromatic heterocycles. The number of hydrogen-bond donors (Lipinski definition) is 7. The van der Waals surface area contributed by atoms with Crippen molar-refractivity contribution < 1.29 is 54.9 Å². The molecule has 0 bridgehead atoms. The van der Waals surface area contributed by atoms with Gasteiger partial charge >= 0.3 is 26.7 Å². The maximum absolute atomic E-state index is 14.7. The SMILES string of the molecule is NS(=O)(=O)OC[C@H]1C[C@@H](Nc2ncncc2C(=O)c2cc([C@]3(C(OS(N)(=O)=O)[C@@H]4C[C@@H](Nc5ncncc5C(=O)c5cc([C@@H]6CCCc7ccc(Cl)cc76)cs5)C[C@@H]4O)c4cc(Cl)ccc4CCN3C(=O)O)cs2)C[C@@H]1O. The number of carbonyl (C=O) groups excluding carboxylic acids is 2. The van der Waals surface area contributed by atoms with E-state index in [1.807, 2.05) is 29.6 Å².